The van der Waals surface area contributed by atoms with Gasteiger partial charge in [-0.25, -0.2) is 8.78 Å². The van der Waals surface area contributed by atoms with E-state index in [1.807, 2.05) is 0 Å². The van der Waals surface area contributed by atoms with Crippen LogP contribution in [0.4, 0.5) is 27.6 Å². The van der Waals surface area contributed by atoms with Crippen LogP contribution in [0.25, 0.3) is 0 Å². The van der Waals surface area contributed by atoms with Gasteiger partial charge in [-0.15, -0.1) is 0 Å². The zero-order valence-corrected chi connectivity index (χ0v) is 8.41. The minimum atomic E-state index is -4.34. The second kappa shape index (κ2) is 4.67. The fourth-order valence-electron chi connectivity index (χ4n) is 1.27. The highest BCUT2D eigenvalue weighted by atomic mass is 19.4. The summed E-state index contributed by atoms with van der Waals surface area (Å²) in [4.78, 5) is 0. The number of nitrogens with one attached hydrogen (secondary N) is 1. The van der Waals surface area contributed by atoms with Crippen LogP contribution >= 0.6 is 0 Å². The maximum absolute atomic E-state index is 13.1. The lowest BCUT2D eigenvalue weighted by atomic mass is 10.2. The Morgan fingerprint density at radius 1 is 1.25 bits per heavy atom. The molecule has 0 saturated carbocycles. The average Bonchev–Trinajstić information content (AvgIpc) is 2.08. The van der Waals surface area contributed by atoms with Crippen molar-refractivity contribution in [1.82, 2.24) is 0 Å². The Bertz CT molecular complexity index is 361. The van der Waals surface area contributed by atoms with Gasteiger partial charge >= 0.3 is 6.18 Å². The third-order valence-electron chi connectivity index (χ3n) is 1.87. The number of halogens is 5. The van der Waals surface area contributed by atoms with E-state index in [0.717, 1.165) is 18.2 Å². The molecule has 0 aromatic heterocycles. The molecule has 0 fully saturated rings. The summed E-state index contributed by atoms with van der Waals surface area (Å²) in [5.74, 6) is -1.49. The average molecular weight is 239 g/mol. The van der Waals surface area contributed by atoms with Crippen LogP contribution in [0, 0.1) is 11.6 Å². The zero-order chi connectivity index (χ0) is 12.3. The fourth-order valence-corrected chi connectivity index (χ4v) is 1.27. The molecular weight excluding hydrogens is 229 g/mol. The van der Waals surface area contributed by atoms with Crippen molar-refractivity contribution in [3.05, 3.63) is 29.8 Å². The second-order valence-corrected chi connectivity index (χ2v) is 3.49. The van der Waals surface area contributed by atoms with E-state index in [9.17, 15) is 22.0 Å². The predicted octanol–water partition coefficient (Wildman–Crippen LogP) is 3.72. The largest absolute Gasteiger partial charge is 0.391 e. The van der Waals surface area contributed by atoms with Crippen LogP contribution in [0.3, 0.4) is 0 Å². The first-order valence-corrected chi connectivity index (χ1v) is 4.56. The van der Waals surface area contributed by atoms with E-state index in [4.69, 9.17) is 0 Å². The highest BCUT2D eigenvalue weighted by Gasteiger charge is 2.30. The van der Waals surface area contributed by atoms with Crippen molar-refractivity contribution in [2.24, 2.45) is 0 Å². The van der Waals surface area contributed by atoms with E-state index in [1.54, 1.807) is 0 Å². The van der Waals surface area contributed by atoms with Crippen molar-refractivity contribution in [1.29, 1.82) is 0 Å². The number of alkyl halides is 3. The maximum atomic E-state index is 13.1. The van der Waals surface area contributed by atoms with Gasteiger partial charge in [0.2, 0.25) is 0 Å². The third kappa shape index (κ3) is 4.04. The van der Waals surface area contributed by atoms with Crippen molar-refractivity contribution < 1.29 is 22.0 Å². The molecule has 1 unspecified atom stereocenters. The van der Waals surface area contributed by atoms with Gasteiger partial charge in [-0.05, 0) is 25.1 Å². The molecule has 6 heteroatoms. The van der Waals surface area contributed by atoms with Gasteiger partial charge in [0.05, 0.1) is 12.1 Å². The summed E-state index contributed by atoms with van der Waals surface area (Å²) in [7, 11) is 0. The summed E-state index contributed by atoms with van der Waals surface area (Å²) >= 11 is 0. The van der Waals surface area contributed by atoms with Crippen LogP contribution in [0.5, 0.6) is 0 Å². The molecule has 0 aliphatic heterocycles. The summed E-state index contributed by atoms with van der Waals surface area (Å²) in [6, 6.07) is 1.56. The molecule has 90 valence electrons. The van der Waals surface area contributed by atoms with E-state index < -0.39 is 30.3 Å². The predicted molar refractivity (Wildman–Crippen MR) is 50.1 cm³/mol. The van der Waals surface area contributed by atoms with Crippen molar-refractivity contribution >= 4 is 5.69 Å². The molecule has 0 spiro atoms. The number of hydrogen-bond donors (Lipinski definition) is 1. The first-order valence-electron chi connectivity index (χ1n) is 4.56. The lowest BCUT2D eigenvalue weighted by molar-refractivity contribution is -0.136. The van der Waals surface area contributed by atoms with E-state index in [0.29, 0.717) is 0 Å². The standard InChI is InChI=1S/C10H10F5N/c1-6(5-10(13,14)15)16-9-4-7(11)2-3-8(9)12/h2-4,6,16H,5H2,1H3. The minimum absolute atomic E-state index is 0.267. The lowest BCUT2D eigenvalue weighted by Crippen LogP contribution is -2.24. The van der Waals surface area contributed by atoms with Gasteiger partial charge in [0.1, 0.15) is 11.6 Å². The molecule has 0 radical (unpaired) electrons. The van der Waals surface area contributed by atoms with Crippen LogP contribution in [0.1, 0.15) is 13.3 Å². The van der Waals surface area contributed by atoms with Gasteiger partial charge in [0.25, 0.3) is 0 Å². The smallest absolute Gasteiger partial charge is 0.380 e. The Morgan fingerprint density at radius 3 is 2.44 bits per heavy atom. The molecule has 1 N–H and O–H groups in total. The molecule has 1 atom stereocenters. The van der Waals surface area contributed by atoms with Gasteiger partial charge < -0.3 is 5.32 Å². The molecule has 1 rings (SSSR count). The molecule has 0 bridgehead atoms. The molecule has 1 aromatic carbocycles. The molecule has 0 aliphatic rings. The van der Waals surface area contributed by atoms with Gasteiger partial charge in [-0.2, -0.15) is 13.2 Å². The molecule has 1 aromatic rings. The topological polar surface area (TPSA) is 12.0 Å². The Balaban J connectivity index is 2.69. The van der Waals surface area contributed by atoms with E-state index in [-0.39, 0.29) is 5.69 Å². The lowest BCUT2D eigenvalue weighted by Gasteiger charge is -2.17. The molecule has 0 amide bonds. The maximum Gasteiger partial charge on any atom is 0.391 e. The SMILES string of the molecule is CC(CC(F)(F)F)Nc1cc(F)ccc1F. The minimum Gasteiger partial charge on any atom is -0.380 e. The molecular formula is C10H10F5N. The normalized spacial score (nSPS) is 13.6. The van der Waals surface area contributed by atoms with Crippen LogP contribution in [0.2, 0.25) is 0 Å². The fraction of sp³-hybridized carbons (Fsp3) is 0.400. The summed E-state index contributed by atoms with van der Waals surface area (Å²) in [5.41, 5.74) is -0.267. The monoisotopic (exact) mass is 239 g/mol. The Labute approximate surface area is 89.3 Å². The van der Waals surface area contributed by atoms with Crippen molar-refractivity contribution in [2.45, 2.75) is 25.6 Å². The van der Waals surface area contributed by atoms with Gasteiger partial charge in [-0.1, -0.05) is 0 Å². The summed E-state index contributed by atoms with van der Waals surface area (Å²) < 4.78 is 61.7. The van der Waals surface area contributed by atoms with E-state index in [1.165, 1.54) is 6.92 Å². The van der Waals surface area contributed by atoms with Crippen molar-refractivity contribution in [2.75, 3.05) is 5.32 Å². The van der Waals surface area contributed by atoms with Gasteiger partial charge in [0.15, 0.2) is 0 Å². The van der Waals surface area contributed by atoms with E-state index in [2.05, 4.69) is 5.32 Å². The summed E-state index contributed by atoms with van der Waals surface area (Å²) in [6.07, 6.45) is -5.45. The van der Waals surface area contributed by atoms with Gasteiger partial charge in [0, 0.05) is 6.04 Å². The highest BCUT2D eigenvalue weighted by molar-refractivity contribution is 5.45. The number of rotatable bonds is 3. The van der Waals surface area contributed by atoms with Gasteiger partial charge in [-0.3, -0.25) is 0 Å². The van der Waals surface area contributed by atoms with Crippen LogP contribution < -0.4 is 5.32 Å². The second-order valence-electron chi connectivity index (χ2n) is 3.49. The first-order chi connectivity index (χ1) is 7.28. The number of hydrogen-bond acceptors (Lipinski definition) is 1. The third-order valence-corrected chi connectivity index (χ3v) is 1.87. The molecule has 0 heterocycles. The van der Waals surface area contributed by atoms with Crippen LogP contribution in [0.15, 0.2) is 18.2 Å². The Morgan fingerprint density at radius 2 is 1.88 bits per heavy atom. The molecule has 0 aliphatic carbocycles. The zero-order valence-electron chi connectivity index (χ0n) is 8.41. The number of anilines is 1. The molecule has 16 heavy (non-hydrogen) atoms. The van der Waals surface area contributed by atoms with Crippen LogP contribution in [-0.2, 0) is 0 Å². The van der Waals surface area contributed by atoms with E-state index >= 15 is 0 Å². The summed E-state index contributed by atoms with van der Waals surface area (Å²) in [5, 5.41) is 2.27. The molecule has 1 nitrogen and oxygen atoms in total. The van der Waals surface area contributed by atoms with Crippen molar-refractivity contribution in [3.63, 3.8) is 0 Å². The number of benzene rings is 1. The quantitative estimate of drug-likeness (QED) is 0.792. The molecule has 0 saturated heterocycles. The van der Waals surface area contributed by atoms with Crippen LogP contribution in [-0.4, -0.2) is 12.2 Å². The Kier molecular flexibility index (Phi) is 3.72. The van der Waals surface area contributed by atoms with Crippen molar-refractivity contribution in [3.8, 4) is 0 Å². The Hall–Kier alpha value is -1.33. The first kappa shape index (κ1) is 12.7. The summed E-state index contributed by atoms with van der Waals surface area (Å²) in [6.45, 7) is 1.25. The highest BCUT2D eigenvalue weighted by Crippen LogP contribution is 2.24.